The van der Waals surface area contributed by atoms with E-state index in [0.717, 1.165) is 5.56 Å². The van der Waals surface area contributed by atoms with Crippen LogP contribution in [0.2, 0.25) is 5.02 Å². The van der Waals surface area contributed by atoms with Gasteiger partial charge in [0.1, 0.15) is 0 Å². The number of halogens is 1. The van der Waals surface area contributed by atoms with Gasteiger partial charge in [-0.2, -0.15) is 0 Å². The van der Waals surface area contributed by atoms with E-state index in [1.807, 2.05) is 36.1 Å². The van der Waals surface area contributed by atoms with Crippen molar-refractivity contribution in [3.05, 3.63) is 34.9 Å². The number of hydrogen-bond acceptors (Lipinski definition) is 3. The summed E-state index contributed by atoms with van der Waals surface area (Å²) in [7, 11) is 0. The molecule has 1 unspecified atom stereocenters. The Balaban J connectivity index is 2.97. The zero-order chi connectivity index (χ0) is 12.8. The van der Waals surface area contributed by atoms with E-state index < -0.39 is 0 Å². The predicted octanol–water partition coefficient (Wildman–Crippen LogP) is 1.15. The molecule has 4 N–H and O–H groups in total. The number of rotatable bonds is 6. The van der Waals surface area contributed by atoms with Crippen LogP contribution in [0, 0.1) is 0 Å². The average Bonchev–Trinajstić information content (AvgIpc) is 2.30. The summed E-state index contributed by atoms with van der Waals surface area (Å²) < 4.78 is 0. The summed E-state index contributed by atoms with van der Waals surface area (Å²) in [5, 5.41) is 0.658. The van der Waals surface area contributed by atoms with Crippen LogP contribution in [0.5, 0.6) is 0 Å². The van der Waals surface area contributed by atoms with Crippen LogP contribution in [0.15, 0.2) is 24.3 Å². The Labute approximate surface area is 107 Å². The first-order valence-electron chi connectivity index (χ1n) is 5.57. The number of nitrogens with two attached hydrogens (primary N) is 2. The molecule has 1 rings (SSSR count). The molecule has 0 aliphatic heterocycles. The van der Waals surface area contributed by atoms with Gasteiger partial charge in [0.2, 0.25) is 5.91 Å². The molecule has 1 aromatic carbocycles. The van der Waals surface area contributed by atoms with E-state index in [-0.39, 0.29) is 18.5 Å². The van der Waals surface area contributed by atoms with Crippen LogP contribution in [0.1, 0.15) is 18.5 Å². The number of primary amides is 1. The largest absolute Gasteiger partial charge is 0.369 e. The molecule has 0 saturated heterocycles. The van der Waals surface area contributed by atoms with Gasteiger partial charge < -0.3 is 11.5 Å². The highest BCUT2D eigenvalue weighted by atomic mass is 35.5. The number of amides is 1. The summed E-state index contributed by atoms with van der Waals surface area (Å²) in [5.74, 6) is -0.364. The summed E-state index contributed by atoms with van der Waals surface area (Å²) in [6, 6.07) is 7.42. The van der Waals surface area contributed by atoms with E-state index in [0.29, 0.717) is 18.1 Å². The predicted molar refractivity (Wildman–Crippen MR) is 69.7 cm³/mol. The molecule has 0 spiro atoms. The fourth-order valence-electron chi connectivity index (χ4n) is 1.86. The van der Waals surface area contributed by atoms with Crippen molar-refractivity contribution in [3.63, 3.8) is 0 Å². The van der Waals surface area contributed by atoms with E-state index in [2.05, 4.69) is 0 Å². The lowest BCUT2D eigenvalue weighted by Gasteiger charge is -2.29. The SMILES string of the molecule is CCN(CC(N)=O)C(CN)c1ccccc1Cl. The van der Waals surface area contributed by atoms with Gasteiger partial charge >= 0.3 is 0 Å². The van der Waals surface area contributed by atoms with Gasteiger partial charge in [0, 0.05) is 17.6 Å². The molecule has 0 fully saturated rings. The van der Waals surface area contributed by atoms with Crippen LogP contribution in [-0.2, 0) is 4.79 Å². The minimum absolute atomic E-state index is 0.0822. The third kappa shape index (κ3) is 3.70. The molecule has 0 aromatic heterocycles. The van der Waals surface area contributed by atoms with Crippen LogP contribution >= 0.6 is 11.6 Å². The molecule has 0 radical (unpaired) electrons. The third-order valence-corrected chi connectivity index (χ3v) is 3.04. The van der Waals surface area contributed by atoms with Crippen molar-refractivity contribution >= 4 is 17.5 Å². The highest BCUT2D eigenvalue weighted by molar-refractivity contribution is 6.31. The molecule has 1 aromatic rings. The second-order valence-corrected chi connectivity index (χ2v) is 4.21. The molecule has 1 amide bonds. The van der Waals surface area contributed by atoms with Crippen molar-refractivity contribution in [1.29, 1.82) is 0 Å². The molecule has 0 saturated carbocycles. The van der Waals surface area contributed by atoms with Crippen molar-refractivity contribution in [3.8, 4) is 0 Å². The number of likely N-dealkylation sites (N-methyl/N-ethyl adjacent to an activating group) is 1. The molecule has 0 bridgehead atoms. The molecule has 0 aliphatic rings. The minimum Gasteiger partial charge on any atom is -0.369 e. The maximum Gasteiger partial charge on any atom is 0.231 e. The topological polar surface area (TPSA) is 72.3 Å². The maximum atomic E-state index is 11.0. The second-order valence-electron chi connectivity index (χ2n) is 3.80. The van der Waals surface area contributed by atoms with Crippen LogP contribution in [-0.4, -0.2) is 30.4 Å². The summed E-state index contributed by atoms with van der Waals surface area (Å²) in [5.41, 5.74) is 11.9. The highest BCUT2D eigenvalue weighted by Crippen LogP contribution is 2.26. The van der Waals surface area contributed by atoms with Crippen molar-refractivity contribution < 1.29 is 4.79 Å². The molecule has 94 valence electrons. The first-order valence-corrected chi connectivity index (χ1v) is 5.94. The number of nitrogens with zero attached hydrogens (tertiary/aromatic N) is 1. The fourth-order valence-corrected chi connectivity index (χ4v) is 2.12. The van der Waals surface area contributed by atoms with E-state index in [4.69, 9.17) is 23.1 Å². The molecular weight excluding hydrogens is 238 g/mol. The molecule has 4 nitrogen and oxygen atoms in total. The summed E-state index contributed by atoms with van der Waals surface area (Å²) in [6.45, 7) is 3.23. The van der Waals surface area contributed by atoms with Gasteiger partial charge in [-0.3, -0.25) is 9.69 Å². The number of carbonyl (C=O) groups is 1. The van der Waals surface area contributed by atoms with Gasteiger partial charge in [-0.25, -0.2) is 0 Å². The zero-order valence-corrected chi connectivity index (χ0v) is 10.7. The van der Waals surface area contributed by atoms with Gasteiger partial charge in [0.15, 0.2) is 0 Å². The summed E-state index contributed by atoms with van der Waals surface area (Å²) >= 11 is 6.14. The Bertz CT molecular complexity index is 384. The van der Waals surface area contributed by atoms with E-state index in [1.54, 1.807) is 0 Å². The van der Waals surface area contributed by atoms with Gasteiger partial charge in [0.05, 0.1) is 6.54 Å². The maximum absolute atomic E-state index is 11.0. The minimum atomic E-state index is -0.364. The smallest absolute Gasteiger partial charge is 0.231 e. The Hall–Kier alpha value is -1.10. The van der Waals surface area contributed by atoms with Crippen molar-refractivity contribution in [1.82, 2.24) is 4.90 Å². The number of carbonyl (C=O) groups excluding carboxylic acids is 1. The normalized spacial score (nSPS) is 12.7. The monoisotopic (exact) mass is 255 g/mol. The van der Waals surface area contributed by atoms with Gasteiger partial charge in [-0.05, 0) is 18.2 Å². The molecular formula is C12H18ClN3O. The first kappa shape index (κ1) is 14.0. The van der Waals surface area contributed by atoms with Gasteiger partial charge in [0.25, 0.3) is 0 Å². The lowest BCUT2D eigenvalue weighted by Crippen LogP contribution is -2.39. The molecule has 0 heterocycles. The Morgan fingerprint density at radius 2 is 2.12 bits per heavy atom. The Morgan fingerprint density at radius 3 is 2.59 bits per heavy atom. The van der Waals surface area contributed by atoms with Crippen LogP contribution in [0.4, 0.5) is 0 Å². The lowest BCUT2D eigenvalue weighted by molar-refractivity contribution is -0.119. The number of hydrogen-bond donors (Lipinski definition) is 2. The number of benzene rings is 1. The van der Waals surface area contributed by atoms with Gasteiger partial charge in [-0.15, -0.1) is 0 Å². The summed E-state index contributed by atoms with van der Waals surface area (Å²) in [6.07, 6.45) is 0. The fraction of sp³-hybridized carbons (Fsp3) is 0.417. The third-order valence-electron chi connectivity index (χ3n) is 2.69. The van der Waals surface area contributed by atoms with Gasteiger partial charge in [-0.1, -0.05) is 36.7 Å². The standard InChI is InChI=1S/C12H18ClN3O/c1-2-16(8-12(15)17)11(7-14)9-5-3-4-6-10(9)13/h3-6,11H,2,7-8,14H2,1H3,(H2,15,17). The van der Waals surface area contributed by atoms with E-state index in [1.165, 1.54) is 0 Å². The van der Waals surface area contributed by atoms with Crippen molar-refractivity contribution in [2.24, 2.45) is 11.5 Å². The highest BCUT2D eigenvalue weighted by Gasteiger charge is 2.20. The van der Waals surface area contributed by atoms with Crippen LogP contribution in [0.3, 0.4) is 0 Å². The van der Waals surface area contributed by atoms with E-state index in [9.17, 15) is 4.79 Å². The average molecular weight is 256 g/mol. The lowest BCUT2D eigenvalue weighted by atomic mass is 10.1. The molecule has 17 heavy (non-hydrogen) atoms. The van der Waals surface area contributed by atoms with Crippen molar-refractivity contribution in [2.45, 2.75) is 13.0 Å². The van der Waals surface area contributed by atoms with Crippen LogP contribution in [0.25, 0.3) is 0 Å². The quantitative estimate of drug-likeness (QED) is 0.801. The summed E-state index contributed by atoms with van der Waals surface area (Å²) in [4.78, 5) is 12.9. The molecule has 5 heteroatoms. The van der Waals surface area contributed by atoms with Crippen LogP contribution < -0.4 is 11.5 Å². The van der Waals surface area contributed by atoms with E-state index >= 15 is 0 Å². The zero-order valence-electron chi connectivity index (χ0n) is 9.90. The Kier molecular flexibility index (Phi) is 5.41. The molecule has 1 atom stereocenters. The molecule has 0 aliphatic carbocycles. The second kappa shape index (κ2) is 6.59. The Morgan fingerprint density at radius 1 is 1.47 bits per heavy atom. The first-order chi connectivity index (χ1) is 8.10. The van der Waals surface area contributed by atoms with Crippen molar-refractivity contribution in [2.75, 3.05) is 19.6 Å².